The summed E-state index contributed by atoms with van der Waals surface area (Å²) in [5.74, 6) is -1.04. The van der Waals surface area contributed by atoms with Crippen LogP contribution in [0.15, 0.2) is 57.8 Å². The van der Waals surface area contributed by atoms with Gasteiger partial charge < -0.3 is 5.11 Å². The van der Waals surface area contributed by atoms with Crippen LogP contribution in [0.3, 0.4) is 0 Å². The molecule has 0 unspecified atom stereocenters. The Morgan fingerprint density at radius 1 is 0.900 bits per heavy atom. The maximum Gasteiger partial charge on any atom is 0.335 e. The summed E-state index contributed by atoms with van der Waals surface area (Å²) in [6.45, 7) is 0. The normalized spacial score (nSPS) is 10.8. The Morgan fingerprint density at radius 2 is 1.45 bits per heavy atom. The minimum atomic E-state index is -1.04. The van der Waals surface area contributed by atoms with E-state index >= 15 is 0 Å². The number of hydrogen-bond acceptors (Lipinski definition) is 2. The van der Waals surface area contributed by atoms with Gasteiger partial charge in [0, 0.05) is 15.2 Å². The first kappa shape index (κ1) is 12.8. The van der Waals surface area contributed by atoms with Crippen LogP contribution in [-0.2, 0) is 0 Å². The fourth-order valence-electron chi connectivity index (χ4n) is 2.23. The third kappa shape index (κ3) is 2.08. The zero-order valence-corrected chi connectivity index (χ0v) is 11.8. The third-order valence-corrected chi connectivity index (χ3v) is 3.74. The van der Waals surface area contributed by atoms with Crippen LogP contribution in [0.2, 0.25) is 0 Å². The van der Waals surface area contributed by atoms with E-state index in [4.69, 9.17) is 5.11 Å². The molecule has 0 aromatic heterocycles. The Balaban J connectivity index is 2.54. The summed E-state index contributed by atoms with van der Waals surface area (Å²) in [7, 11) is 0. The fourth-order valence-corrected chi connectivity index (χ4v) is 2.59. The first-order chi connectivity index (χ1) is 9.56. The Hall–Kier alpha value is -2.20. The van der Waals surface area contributed by atoms with Gasteiger partial charge in [0.2, 0.25) is 0 Å². The summed E-state index contributed by atoms with van der Waals surface area (Å²) >= 11 is 3.35. The van der Waals surface area contributed by atoms with E-state index in [-0.39, 0.29) is 11.0 Å². The molecule has 3 rings (SSSR count). The van der Waals surface area contributed by atoms with Crippen molar-refractivity contribution in [3.8, 4) is 0 Å². The Kier molecular flexibility index (Phi) is 3.03. The molecule has 0 aliphatic heterocycles. The van der Waals surface area contributed by atoms with Crippen LogP contribution in [-0.4, -0.2) is 11.1 Å². The van der Waals surface area contributed by atoms with Crippen molar-refractivity contribution in [2.75, 3.05) is 0 Å². The number of carboxylic acid groups (broad SMARTS) is 1. The maximum absolute atomic E-state index is 12.6. The van der Waals surface area contributed by atoms with Crippen molar-refractivity contribution in [2.24, 2.45) is 0 Å². The number of halogens is 1. The van der Waals surface area contributed by atoms with E-state index in [2.05, 4.69) is 15.9 Å². The smallest absolute Gasteiger partial charge is 0.335 e. The molecule has 98 valence electrons. The van der Waals surface area contributed by atoms with Crippen LogP contribution in [0, 0.1) is 0 Å². The van der Waals surface area contributed by atoms with E-state index in [0.717, 1.165) is 15.2 Å². The van der Waals surface area contributed by atoms with Gasteiger partial charge in [0.25, 0.3) is 0 Å². The SMILES string of the molecule is O=C(O)c1ccc2ccc3ccc(Br)cc3c(=O)c2c1. The van der Waals surface area contributed by atoms with Crippen LogP contribution in [0.25, 0.3) is 21.5 Å². The molecule has 0 fully saturated rings. The predicted molar refractivity (Wildman–Crippen MR) is 82.4 cm³/mol. The van der Waals surface area contributed by atoms with Crippen LogP contribution in [0.4, 0.5) is 0 Å². The van der Waals surface area contributed by atoms with Gasteiger partial charge in [-0.15, -0.1) is 0 Å². The molecular weight excluding hydrogens is 320 g/mol. The maximum atomic E-state index is 12.6. The molecule has 0 aliphatic rings. The highest BCUT2D eigenvalue weighted by Gasteiger charge is 2.07. The van der Waals surface area contributed by atoms with Crippen molar-refractivity contribution in [3.05, 3.63) is 68.8 Å². The van der Waals surface area contributed by atoms with Gasteiger partial charge in [-0.3, -0.25) is 4.79 Å². The summed E-state index contributed by atoms with van der Waals surface area (Å²) in [5, 5.41) is 11.6. The monoisotopic (exact) mass is 328 g/mol. The molecule has 0 aliphatic carbocycles. The molecule has 4 heteroatoms. The Labute approximate surface area is 122 Å². The number of carboxylic acids is 1. The number of aromatic carboxylic acids is 1. The van der Waals surface area contributed by atoms with Gasteiger partial charge in [0.15, 0.2) is 5.43 Å². The number of rotatable bonds is 1. The predicted octanol–water partition coefficient (Wildman–Crippen LogP) is 3.81. The Morgan fingerprint density at radius 3 is 2.10 bits per heavy atom. The van der Waals surface area contributed by atoms with Crippen molar-refractivity contribution in [1.82, 2.24) is 0 Å². The van der Waals surface area contributed by atoms with Crippen LogP contribution in [0.1, 0.15) is 10.4 Å². The zero-order chi connectivity index (χ0) is 14.3. The molecule has 3 nitrogen and oxygen atoms in total. The molecule has 0 saturated heterocycles. The summed E-state index contributed by atoms with van der Waals surface area (Å²) in [6, 6.07) is 13.8. The van der Waals surface area contributed by atoms with Crippen molar-refractivity contribution < 1.29 is 9.90 Å². The highest BCUT2D eigenvalue weighted by molar-refractivity contribution is 9.10. The fraction of sp³-hybridized carbons (Fsp3) is 0. The van der Waals surface area contributed by atoms with E-state index in [1.165, 1.54) is 12.1 Å². The standard InChI is InChI=1S/C16H9BrO3/c17-12-6-5-10-2-1-9-3-4-11(16(19)20)7-13(9)15(18)14(10)8-12/h1-8H,(H,19,20). The quantitative estimate of drug-likeness (QED) is 0.738. The molecule has 3 aromatic carbocycles. The van der Waals surface area contributed by atoms with Crippen molar-refractivity contribution in [3.63, 3.8) is 0 Å². The highest BCUT2D eigenvalue weighted by Crippen LogP contribution is 2.20. The number of carbonyl (C=O) groups is 1. The molecule has 0 atom stereocenters. The Bertz CT molecular complexity index is 916. The topological polar surface area (TPSA) is 54.4 Å². The van der Waals surface area contributed by atoms with E-state index in [1.54, 1.807) is 12.1 Å². The lowest BCUT2D eigenvalue weighted by Gasteiger charge is -1.96. The number of benzene rings is 2. The zero-order valence-electron chi connectivity index (χ0n) is 10.3. The first-order valence-electron chi connectivity index (χ1n) is 5.96. The molecule has 1 N–H and O–H groups in total. The minimum absolute atomic E-state index is 0.115. The van der Waals surface area contributed by atoms with Crippen LogP contribution in [0.5, 0.6) is 0 Å². The molecule has 3 aromatic rings. The second-order valence-corrected chi connectivity index (χ2v) is 5.42. The van der Waals surface area contributed by atoms with Crippen molar-refractivity contribution in [1.29, 1.82) is 0 Å². The average molecular weight is 329 g/mol. The van der Waals surface area contributed by atoms with E-state index < -0.39 is 5.97 Å². The molecular formula is C16H9BrO3. The number of hydrogen-bond donors (Lipinski definition) is 1. The lowest BCUT2D eigenvalue weighted by Crippen LogP contribution is -2.01. The van der Waals surface area contributed by atoms with E-state index in [9.17, 15) is 9.59 Å². The molecule has 0 bridgehead atoms. The molecule has 20 heavy (non-hydrogen) atoms. The highest BCUT2D eigenvalue weighted by atomic mass is 79.9. The van der Waals surface area contributed by atoms with Gasteiger partial charge in [0.1, 0.15) is 0 Å². The van der Waals surface area contributed by atoms with Crippen LogP contribution >= 0.6 is 15.9 Å². The largest absolute Gasteiger partial charge is 0.478 e. The van der Waals surface area contributed by atoms with Gasteiger partial charge in [-0.2, -0.15) is 0 Å². The number of fused-ring (bicyclic) bond motifs is 2. The second kappa shape index (κ2) is 4.72. The van der Waals surface area contributed by atoms with Crippen LogP contribution < -0.4 is 5.43 Å². The lowest BCUT2D eigenvalue weighted by molar-refractivity contribution is 0.0697. The first-order valence-corrected chi connectivity index (χ1v) is 6.75. The summed E-state index contributed by atoms with van der Waals surface area (Å²) < 4.78 is 0.816. The third-order valence-electron chi connectivity index (χ3n) is 3.25. The molecule has 0 saturated carbocycles. The van der Waals surface area contributed by atoms with Crippen molar-refractivity contribution in [2.45, 2.75) is 0 Å². The van der Waals surface area contributed by atoms with Gasteiger partial charge in [0.05, 0.1) is 5.56 Å². The van der Waals surface area contributed by atoms with Gasteiger partial charge in [-0.1, -0.05) is 40.2 Å². The van der Waals surface area contributed by atoms with Crippen molar-refractivity contribution >= 4 is 43.4 Å². The molecule has 0 amide bonds. The summed E-state index contributed by atoms with van der Waals surface area (Å²) in [5.41, 5.74) is -0.0478. The molecule has 0 spiro atoms. The summed E-state index contributed by atoms with van der Waals surface area (Å²) in [6.07, 6.45) is 0. The molecule has 0 heterocycles. The minimum Gasteiger partial charge on any atom is -0.478 e. The van der Waals surface area contributed by atoms with Gasteiger partial charge in [-0.25, -0.2) is 4.79 Å². The lowest BCUT2D eigenvalue weighted by atomic mass is 10.1. The second-order valence-electron chi connectivity index (χ2n) is 4.50. The molecule has 0 radical (unpaired) electrons. The van der Waals surface area contributed by atoms with E-state index in [0.29, 0.717) is 10.8 Å². The van der Waals surface area contributed by atoms with Gasteiger partial charge >= 0.3 is 5.97 Å². The van der Waals surface area contributed by atoms with Gasteiger partial charge in [-0.05, 0) is 35.0 Å². The van der Waals surface area contributed by atoms with E-state index in [1.807, 2.05) is 24.3 Å². The summed E-state index contributed by atoms with van der Waals surface area (Å²) in [4.78, 5) is 23.6. The average Bonchev–Trinajstić information content (AvgIpc) is 2.57.